The number of nitrogens with one attached hydrogen (secondary N) is 1. The Morgan fingerprint density at radius 1 is 1.53 bits per heavy atom. The summed E-state index contributed by atoms with van der Waals surface area (Å²) >= 11 is 0. The quantitative estimate of drug-likeness (QED) is 0.825. The maximum absolute atomic E-state index is 12.2. The molecule has 1 aliphatic heterocycles. The van der Waals surface area contributed by atoms with E-state index in [1.54, 1.807) is 19.1 Å². The second-order valence-corrected chi connectivity index (χ2v) is 4.86. The van der Waals surface area contributed by atoms with Crippen LogP contribution < -0.4 is 10.1 Å². The minimum atomic E-state index is -0.423. The van der Waals surface area contributed by atoms with E-state index < -0.39 is 6.10 Å². The van der Waals surface area contributed by atoms with E-state index in [1.807, 2.05) is 24.3 Å². The van der Waals surface area contributed by atoms with Gasteiger partial charge in [-0.3, -0.25) is 4.79 Å². The van der Waals surface area contributed by atoms with Crippen LogP contribution in [0.25, 0.3) is 0 Å². The standard InChI is InChI=1S/C14H20N2O3/c1-16(14(18)12-7-11(17)8-15-12)9-10-5-3-4-6-13(10)19-2/h3-6,11-12,15,17H,7-9H2,1-2H3/t11-,12+/m1/s1. The van der Waals surface area contributed by atoms with Gasteiger partial charge >= 0.3 is 0 Å². The number of para-hydroxylation sites is 1. The second kappa shape index (κ2) is 6.04. The smallest absolute Gasteiger partial charge is 0.239 e. The van der Waals surface area contributed by atoms with Gasteiger partial charge in [0.1, 0.15) is 5.75 Å². The molecule has 0 aliphatic carbocycles. The number of ether oxygens (including phenoxy) is 1. The first-order valence-electron chi connectivity index (χ1n) is 6.40. The summed E-state index contributed by atoms with van der Waals surface area (Å²) < 4.78 is 5.27. The molecule has 0 saturated carbocycles. The zero-order valence-electron chi connectivity index (χ0n) is 11.3. The first-order chi connectivity index (χ1) is 9.11. The number of nitrogens with zero attached hydrogens (tertiary/aromatic N) is 1. The van der Waals surface area contributed by atoms with Crippen molar-refractivity contribution in [3.8, 4) is 5.75 Å². The maximum atomic E-state index is 12.2. The molecule has 1 heterocycles. The number of rotatable bonds is 4. The van der Waals surface area contributed by atoms with Crippen LogP contribution in [0.3, 0.4) is 0 Å². The van der Waals surface area contributed by atoms with E-state index in [0.717, 1.165) is 11.3 Å². The van der Waals surface area contributed by atoms with E-state index in [-0.39, 0.29) is 11.9 Å². The molecule has 1 aliphatic rings. The van der Waals surface area contributed by atoms with Crippen LogP contribution in [-0.2, 0) is 11.3 Å². The van der Waals surface area contributed by atoms with Crippen molar-refractivity contribution in [3.63, 3.8) is 0 Å². The number of aliphatic hydroxyl groups is 1. The Hall–Kier alpha value is -1.59. The summed E-state index contributed by atoms with van der Waals surface area (Å²) in [6.45, 7) is 0.982. The minimum Gasteiger partial charge on any atom is -0.496 e. The monoisotopic (exact) mass is 264 g/mol. The maximum Gasteiger partial charge on any atom is 0.239 e. The number of amides is 1. The number of aliphatic hydroxyl groups excluding tert-OH is 1. The molecule has 1 aromatic rings. The normalized spacial score (nSPS) is 22.3. The number of hydrogen-bond donors (Lipinski definition) is 2. The lowest BCUT2D eigenvalue weighted by molar-refractivity contribution is -0.132. The largest absolute Gasteiger partial charge is 0.496 e. The molecule has 104 valence electrons. The average Bonchev–Trinajstić information content (AvgIpc) is 2.85. The van der Waals surface area contributed by atoms with Crippen molar-refractivity contribution in [2.75, 3.05) is 20.7 Å². The number of β-amino-alcohol motifs (C(OH)–C–C–N with tert-alkyl or cyclic N) is 1. The number of hydrogen-bond acceptors (Lipinski definition) is 4. The lowest BCUT2D eigenvalue weighted by Crippen LogP contribution is -2.41. The molecule has 5 nitrogen and oxygen atoms in total. The summed E-state index contributed by atoms with van der Waals surface area (Å²) in [4.78, 5) is 13.9. The van der Waals surface area contributed by atoms with E-state index in [4.69, 9.17) is 4.74 Å². The third-order valence-corrected chi connectivity index (χ3v) is 3.38. The van der Waals surface area contributed by atoms with Crippen LogP contribution in [0, 0.1) is 0 Å². The van der Waals surface area contributed by atoms with Gasteiger partial charge in [-0.25, -0.2) is 0 Å². The summed E-state index contributed by atoms with van der Waals surface area (Å²) in [5.41, 5.74) is 0.972. The van der Waals surface area contributed by atoms with Crippen molar-refractivity contribution >= 4 is 5.91 Å². The van der Waals surface area contributed by atoms with Crippen LogP contribution in [0.4, 0.5) is 0 Å². The predicted octanol–water partition coefficient (Wildman–Crippen LogP) is 0.376. The first-order valence-corrected chi connectivity index (χ1v) is 6.40. The fourth-order valence-corrected chi connectivity index (χ4v) is 2.34. The van der Waals surface area contributed by atoms with Gasteiger partial charge in [0.05, 0.1) is 19.3 Å². The van der Waals surface area contributed by atoms with Crippen molar-refractivity contribution in [1.29, 1.82) is 0 Å². The van der Waals surface area contributed by atoms with E-state index in [2.05, 4.69) is 5.32 Å². The van der Waals surface area contributed by atoms with Gasteiger partial charge in [0, 0.05) is 25.7 Å². The van der Waals surface area contributed by atoms with Crippen molar-refractivity contribution in [2.45, 2.75) is 25.1 Å². The van der Waals surface area contributed by atoms with Crippen molar-refractivity contribution in [2.24, 2.45) is 0 Å². The van der Waals surface area contributed by atoms with Crippen LogP contribution in [0.1, 0.15) is 12.0 Å². The molecule has 2 rings (SSSR count). The number of carbonyl (C=O) groups is 1. The molecule has 1 fully saturated rings. The lowest BCUT2D eigenvalue weighted by atomic mass is 10.1. The van der Waals surface area contributed by atoms with Gasteiger partial charge in [0.2, 0.25) is 5.91 Å². The molecular formula is C14H20N2O3. The Labute approximate surface area is 113 Å². The predicted molar refractivity (Wildman–Crippen MR) is 71.9 cm³/mol. The van der Waals surface area contributed by atoms with Crippen molar-refractivity contribution < 1.29 is 14.6 Å². The molecule has 2 atom stereocenters. The molecule has 0 radical (unpaired) electrons. The summed E-state index contributed by atoms with van der Waals surface area (Å²) in [7, 11) is 3.39. The van der Waals surface area contributed by atoms with Crippen molar-refractivity contribution in [1.82, 2.24) is 10.2 Å². The summed E-state index contributed by atoms with van der Waals surface area (Å²) in [6, 6.07) is 7.37. The Balaban J connectivity index is 2.00. The summed E-state index contributed by atoms with van der Waals surface area (Å²) in [5.74, 6) is 0.782. The Bertz CT molecular complexity index is 450. The fraction of sp³-hybridized carbons (Fsp3) is 0.500. The molecule has 0 bridgehead atoms. The molecule has 1 amide bonds. The van der Waals surface area contributed by atoms with E-state index in [1.165, 1.54) is 0 Å². The highest BCUT2D eigenvalue weighted by Gasteiger charge is 2.30. The molecular weight excluding hydrogens is 244 g/mol. The van der Waals surface area contributed by atoms with Gasteiger partial charge in [0.25, 0.3) is 0 Å². The van der Waals surface area contributed by atoms with Gasteiger partial charge in [-0.15, -0.1) is 0 Å². The summed E-state index contributed by atoms with van der Waals surface area (Å²) in [5, 5.41) is 12.5. The van der Waals surface area contributed by atoms with Crippen LogP contribution in [0.5, 0.6) is 5.75 Å². The fourth-order valence-electron chi connectivity index (χ4n) is 2.34. The molecule has 5 heteroatoms. The van der Waals surface area contributed by atoms with Gasteiger partial charge in [-0.1, -0.05) is 18.2 Å². The van der Waals surface area contributed by atoms with Crippen LogP contribution in [0.2, 0.25) is 0 Å². The van der Waals surface area contributed by atoms with Gasteiger partial charge < -0.3 is 20.1 Å². The van der Waals surface area contributed by atoms with E-state index in [9.17, 15) is 9.90 Å². The molecule has 1 saturated heterocycles. The average molecular weight is 264 g/mol. The van der Waals surface area contributed by atoms with Crippen molar-refractivity contribution in [3.05, 3.63) is 29.8 Å². The third-order valence-electron chi connectivity index (χ3n) is 3.38. The Morgan fingerprint density at radius 2 is 2.26 bits per heavy atom. The molecule has 19 heavy (non-hydrogen) atoms. The first kappa shape index (κ1) is 13.8. The van der Waals surface area contributed by atoms with Crippen LogP contribution >= 0.6 is 0 Å². The zero-order valence-corrected chi connectivity index (χ0v) is 11.3. The SMILES string of the molecule is COc1ccccc1CN(C)C(=O)[C@@H]1C[C@@H](O)CN1. The number of likely N-dealkylation sites (N-methyl/N-ethyl adjacent to an activating group) is 1. The van der Waals surface area contributed by atoms with E-state index >= 15 is 0 Å². The third kappa shape index (κ3) is 3.24. The highest BCUT2D eigenvalue weighted by molar-refractivity contribution is 5.82. The van der Waals surface area contributed by atoms with Gasteiger partial charge in [0.15, 0.2) is 0 Å². The summed E-state index contributed by atoms with van der Waals surface area (Å²) in [6.07, 6.45) is 0.0587. The highest BCUT2D eigenvalue weighted by atomic mass is 16.5. The Kier molecular flexibility index (Phi) is 4.39. The molecule has 1 aromatic carbocycles. The minimum absolute atomic E-state index is 0.00227. The van der Waals surface area contributed by atoms with Gasteiger partial charge in [-0.05, 0) is 12.5 Å². The second-order valence-electron chi connectivity index (χ2n) is 4.86. The number of benzene rings is 1. The molecule has 0 aromatic heterocycles. The topological polar surface area (TPSA) is 61.8 Å². The van der Waals surface area contributed by atoms with E-state index in [0.29, 0.717) is 19.5 Å². The lowest BCUT2D eigenvalue weighted by Gasteiger charge is -2.22. The molecule has 2 N–H and O–H groups in total. The zero-order chi connectivity index (χ0) is 13.8. The highest BCUT2D eigenvalue weighted by Crippen LogP contribution is 2.19. The molecule has 0 spiro atoms. The van der Waals surface area contributed by atoms with Crippen LogP contribution in [-0.4, -0.2) is 48.8 Å². The Morgan fingerprint density at radius 3 is 2.89 bits per heavy atom. The van der Waals surface area contributed by atoms with Crippen LogP contribution in [0.15, 0.2) is 24.3 Å². The number of carbonyl (C=O) groups excluding carboxylic acids is 1. The molecule has 0 unspecified atom stereocenters. The van der Waals surface area contributed by atoms with Gasteiger partial charge in [-0.2, -0.15) is 0 Å². The number of methoxy groups -OCH3 is 1.